The van der Waals surface area contributed by atoms with E-state index < -0.39 is 5.97 Å². The van der Waals surface area contributed by atoms with E-state index in [0.717, 1.165) is 50.8 Å². The van der Waals surface area contributed by atoms with E-state index in [1.165, 1.54) is 18.4 Å². The Balaban J connectivity index is 1.42. The van der Waals surface area contributed by atoms with Crippen LogP contribution in [0.4, 0.5) is 17.5 Å². The third-order valence-electron chi connectivity index (χ3n) is 7.22. The molecule has 9 nitrogen and oxygen atoms in total. The summed E-state index contributed by atoms with van der Waals surface area (Å²) in [6, 6.07) is 8.07. The maximum Gasteiger partial charge on any atom is 0.303 e. The number of rotatable bonds is 10. The number of nitrogens with one attached hydrogen (secondary N) is 1. The fourth-order valence-corrected chi connectivity index (χ4v) is 5.18. The molecule has 4 rings (SSSR count). The third kappa shape index (κ3) is 6.25. The van der Waals surface area contributed by atoms with Gasteiger partial charge >= 0.3 is 5.97 Å². The second-order valence-corrected chi connectivity index (χ2v) is 9.81. The predicted molar refractivity (Wildman–Crippen MR) is 140 cm³/mol. The molecule has 1 amide bonds. The van der Waals surface area contributed by atoms with E-state index in [2.05, 4.69) is 34.3 Å². The zero-order valence-electron chi connectivity index (χ0n) is 21.0. The molecule has 194 valence electrons. The summed E-state index contributed by atoms with van der Waals surface area (Å²) in [7, 11) is 0. The number of aliphatic carboxylic acids is 1. The summed E-state index contributed by atoms with van der Waals surface area (Å²) in [5.41, 5.74) is 8.40. The van der Waals surface area contributed by atoms with Crippen LogP contribution in [0.2, 0.25) is 0 Å². The van der Waals surface area contributed by atoms with Gasteiger partial charge in [0.2, 0.25) is 11.8 Å². The highest BCUT2D eigenvalue weighted by molar-refractivity contribution is 6.10. The summed E-state index contributed by atoms with van der Waals surface area (Å²) in [5.74, 6) is 0.435. The summed E-state index contributed by atoms with van der Waals surface area (Å²) < 4.78 is 5.82. The van der Waals surface area contributed by atoms with Crippen LogP contribution >= 0.6 is 0 Å². The summed E-state index contributed by atoms with van der Waals surface area (Å²) in [6.07, 6.45) is 8.63. The molecule has 1 aromatic carbocycles. The first-order valence-electron chi connectivity index (χ1n) is 13.1. The van der Waals surface area contributed by atoms with Crippen molar-refractivity contribution in [2.75, 3.05) is 35.6 Å². The molecule has 0 radical (unpaired) electrons. The van der Waals surface area contributed by atoms with Gasteiger partial charge in [-0.15, -0.1) is 0 Å². The molecule has 1 saturated carbocycles. The Labute approximate surface area is 212 Å². The van der Waals surface area contributed by atoms with Crippen LogP contribution in [-0.2, 0) is 4.79 Å². The molecular formula is C27H37N5O4. The number of unbranched alkanes of at least 4 members (excludes halogenated alkanes) is 3. The maximum atomic E-state index is 13.4. The number of anilines is 3. The Hall–Kier alpha value is -3.36. The number of aromatic nitrogens is 2. The van der Waals surface area contributed by atoms with E-state index in [4.69, 9.17) is 15.6 Å². The number of hydrogen-bond acceptors (Lipinski definition) is 7. The molecule has 0 bridgehead atoms. The van der Waals surface area contributed by atoms with E-state index in [9.17, 15) is 9.59 Å². The van der Waals surface area contributed by atoms with Gasteiger partial charge < -0.3 is 25.8 Å². The molecule has 0 atom stereocenters. The van der Waals surface area contributed by atoms with Crippen LogP contribution in [-0.4, -0.2) is 46.6 Å². The van der Waals surface area contributed by atoms with Gasteiger partial charge in [0.25, 0.3) is 5.91 Å². The number of nitrogens with zero attached hydrogens (tertiary/aromatic N) is 3. The number of carboxylic acids is 1. The molecule has 2 heterocycles. The monoisotopic (exact) mass is 495 g/mol. The Morgan fingerprint density at radius 2 is 1.89 bits per heavy atom. The molecule has 1 aromatic heterocycles. The number of hydrogen-bond donors (Lipinski definition) is 3. The van der Waals surface area contributed by atoms with Gasteiger partial charge in [-0.1, -0.05) is 38.3 Å². The largest absolute Gasteiger partial charge is 0.481 e. The molecule has 1 fully saturated rings. The highest BCUT2D eigenvalue weighted by Gasteiger charge is 2.30. The number of fused-ring (bicyclic) bond motifs is 1. The van der Waals surface area contributed by atoms with E-state index in [1.54, 1.807) is 4.90 Å². The lowest BCUT2D eigenvalue weighted by Gasteiger charge is -2.28. The molecule has 2 aromatic rings. The van der Waals surface area contributed by atoms with Crippen molar-refractivity contribution in [3.63, 3.8) is 0 Å². The Bertz CT molecular complexity index is 1050. The van der Waals surface area contributed by atoms with E-state index in [0.29, 0.717) is 25.0 Å². The highest BCUT2D eigenvalue weighted by atomic mass is 16.5. The van der Waals surface area contributed by atoms with Crippen molar-refractivity contribution >= 4 is 29.3 Å². The molecule has 1 aliphatic carbocycles. The van der Waals surface area contributed by atoms with E-state index >= 15 is 0 Å². The number of nitrogen functional groups attached to an aromatic ring is 1. The van der Waals surface area contributed by atoms with Crippen LogP contribution in [0.15, 0.2) is 24.3 Å². The molecule has 9 heteroatoms. The first-order valence-corrected chi connectivity index (χ1v) is 13.1. The van der Waals surface area contributed by atoms with Crippen molar-refractivity contribution in [3.8, 4) is 5.88 Å². The number of benzene rings is 1. The smallest absolute Gasteiger partial charge is 0.303 e. The fraction of sp³-hybridized carbons (Fsp3) is 0.556. The van der Waals surface area contributed by atoms with Crippen molar-refractivity contribution in [1.82, 2.24) is 9.97 Å². The maximum absolute atomic E-state index is 13.4. The second-order valence-electron chi connectivity index (χ2n) is 9.81. The van der Waals surface area contributed by atoms with Crippen molar-refractivity contribution < 1.29 is 19.4 Å². The van der Waals surface area contributed by atoms with Crippen LogP contribution in [0, 0.1) is 5.92 Å². The molecule has 1 aliphatic heterocycles. The normalized spacial score (nSPS) is 19.8. The second kappa shape index (κ2) is 12.1. The summed E-state index contributed by atoms with van der Waals surface area (Å²) in [5, 5.41) is 12.2. The van der Waals surface area contributed by atoms with Crippen LogP contribution < -0.4 is 20.7 Å². The lowest BCUT2D eigenvalue weighted by atomic mass is 9.77. The first kappa shape index (κ1) is 25.7. The average molecular weight is 496 g/mol. The average Bonchev–Trinajstić information content (AvgIpc) is 3.03. The lowest BCUT2D eigenvalue weighted by Crippen LogP contribution is -2.32. The van der Waals surface area contributed by atoms with Crippen LogP contribution in [0.1, 0.15) is 86.6 Å². The van der Waals surface area contributed by atoms with Crippen molar-refractivity contribution in [2.45, 2.75) is 70.6 Å². The molecular weight excluding hydrogens is 458 g/mol. The summed E-state index contributed by atoms with van der Waals surface area (Å²) in [4.78, 5) is 34.8. The molecule has 36 heavy (non-hydrogen) atoms. The summed E-state index contributed by atoms with van der Waals surface area (Å²) >= 11 is 0. The van der Waals surface area contributed by atoms with Gasteiger partial charge in [0.1, 0.15) is 18.0 Å². The molecule has 0 unspecified atom stereocenters. The lowest BCUT2D eigenvalue weighted by molar-refractivity contribution is -0.138. The Morgan fingerprint density at radius 1 is 1.14 bits per heavy atom. The van der Waals surface area contributed by atoms with Crippen molar-refractivity contribution in [3.05, 3.63) is 35.4 Å². The van der Waals surface area contributed by atoms with E-state index in [1.807, 2.05) is 12.1 Å². The van der Waals surface area contributed by atoms with E-state index in [-0.39, 0.29) is 35.5 Å². The highest BCUT2D eigenvalue weighted by Crippen LogP contribution is 2.38. The minimum absolute atomic E-state index is 0.114. The van der Waals surface area contributed by atoms with Gasteiger partial charge in [-0.3, -0.25) is 9.59 Å². The fourth-order valence-electron chi connectivity index (χ4n) is 5.18. The first-order chi connectivity index (χ1) is 17.5. The number of carboxylic acid groups (broad SMARTS) is 1. The van der Waals surface area contributed by atoms with Crippen molar-refractivity contribution in [2.24, 2.45) is 5.92 Å². The topological polar surface area (TPSA) is 131 Å². The minimum atomic E-state index is -0.712. The third-order valence-corrected chi connectivity index (χ3v) is 7.22. The standard InChI is InChI=1S/C27H37N5O4/c1-2-3-4-5-14-29-27-30-24(28)23-25(31-27)36-16-15-32(26(23)35)21-12-10-20(11-13-21)19-8-6-18(7-9-19)17-22(33)34/h10-13,18-19H,2-9,14-17H2,1H3,(H,33,34)(H3,28,29,30,31)/t18-,19-. The molecule has 0 spiro atoms. The number of amides is 1. The van der Waals surface area contributed by atoms with Gasteiger partial charge in [-0.25, -0.2) is 0 Å². The minimum Gasteiger partial charge on any atom is -0.481 e. The summed E-state index contributed by atoms with van der Waals surface area (Å²) in [6.45, 7) is 3.60. The van der Waals surface area contributed by atoms with Gasteiger partial charge in [-0.05, 0) is 61.6 Å². The van der Waals surface area contributed by atoms with Gasteiger partial charge in [0.15, 0.2) is 0 Å². The molecule has 2 aliphatic rings. The van der Waals surface area contributed by atoms with Crippen LogP contribution in [0.25, 0.3) is 0 Å². The zero-order chi connectivity index (χ0) is 25.5. The SMILES string of the molecule is CCCCCCNc1nc(N)c2c(n1)OCCN(c1ccc([C@H]3CC[C@H](CC(=O)O)CC3)cc1)C2=O. The predicted octanol–water partition coefficient (Wildman–Crippen LogP) is 4.84. The number of ether oxygens (including phenoxy) is 1. The number of nitrogens with two attached hydrogens (primary N) is 1. The van der Waals surface area contributed by atoms with Crippen LogP contribution in [0.5, 0.6) is 5.88 Å². The quantitative estimate of drug-likeness (QED) is 0.399. The van der Waals surface area contributed by atoms with Gasteiger partial charge in [0, 0.05) is 18.7 Å². The van der Waals surface area contributed by atoms with Gasteiger partial charge in [0.05, 0.1) is 6.54 Å². The van der Waals surface area contributed by atoms with Crippen LogP contribution in [0.3, 0.4) is 0 Å². The number of carbonyl (C=O) groups excluding carboxylic acids is 1. The van der Waals surface area contributed by atoms with Gasteiger partial charge in [-0.2, -0.15) is 9.97 Å². The Morgan fingerprint density at radius 3 is 2.58 bits per heavy atom. The number of carbonyl (C=O) groups is 2. The zero-order valence-corrected chi connectivity index (χ0v) is 21.0. The molecule has 4 N–H and O–H groups in total. The Kier molecular flexibility index (Phi) is 8.61. The van der Waals surface area contributed by atoms with Crippen molar-refractivity contribution in [1.29, 1.82) is 0 Å². The molecule has 0 saturated heterocycles.